The highest BCUT2D eigenvalue weighted by atomic mass is 79.9. The number of amides is 1. The van der Waals surface area contributed by atoms with E-state index >= 15 is 0 Å². The van der Waals surface area contributed by atoms with Crippen molar-refractivity contribution in [3.8, 4) is 0 Å². The Hall–Kier alpha value is -0.950. The Balaban J connectivity index is 2.96. The third kappa shape index (κ3) is 5.57. The molecule has 23 heavy (non-hydrogen) atoms. The number of hydrogen-bond donors (Lipinski definition) is 2. The highest BCUT2D eigenvalue weighted by Crippen LogP contribution is 2.35. The van der Waals surface area contributed by atoms with Crippen molar-refractivity contribution in [3.05, 3.63) is 23.5 Å². The van der Waals surface area contributed by atoms with Gasteiger partial charge in [-0.1, -0.05) is 45.7 Å². The van der Waals surface area contributed by atoms with E-state index in [0.717, 1.165) is 11.4 Å². The van der Waals surface area contributed by atoms with E-state index in [1.807, 2.05) is 0 Å². The molecule has 0 saturated carbocycles. The molecule has 7 heteroatoms. The number of rotatable bonds is 7. The molecule has 0 aromatic carbocycles. The smallest absolute Gasteiger partial charge is 0.309 e. The number of pyridine rings is 1. The molecule has 0 spiro atoms. The molecule has 0 aliphatic heterocycles. The van der Waals surface area contributed by atoms with E-state index in [1.54, 1.807) is 39.8 Å². The Labute approximate surface area is 153 Å². The number of hydrogen-bond acceptors (Lipinski definition) is 3. The molecule has 1 rings (SSSR count). The van der Waals surface area contributed by atoms with Gasteiger partial charge < -0.3 is 10.4 Å². The van der Waals surface area contributed by atoms with Crippen molar-refractivity contribution >= 4 is 49.4 Å². The van der Waals surface area contributed by atoms with Crippen LogP contribution in [0.1, 0.15) is 45.5 Å². The normalized spacial score (nSPS) is 12.1. The molecule has 0 atom stereocenters. The SMILES string of the molecule is CC(C)(CC(C)(C)C(=O)Nc1cc(CBr)nc(CBr)c1)C(=O)O. The van der Waals surface area contributed by atoms with Crippen LogP contribution in [0.3, 0.4) is 0 Å². The van der Waals surface area contributed by atoms with Gasteiger partial charge in [-0.3, -0.25) is 14.6 Å². The minimum absolute atomic E-state index is 0.209. The molecule has 0 radical (unpaired) electrons. The van der Waals surface area contributed by atoms with E-state index in [-0.39, 0.29) is 12.3 Å². The molecule has 0 saturated heterocycles. The zero-order chi connectivity index (χ0) is 17.8. The Morgan fingerprint density at radius 2 is 1.57 bits per heavy atom. The van der Waals surface area contributed by atoms with Gasteiger partial charge in [0.25, 0.3) is 0 Å². The number of carboxylic acid groups (broad SMARTS) is 1. The van der Waals surface area contributed by atoms with Crippen molar-refractivity contribution in [1.82, 2.24) is 4.98 Å². The maximum Gasteiger partial charge on any atom is 0.309 e. The predicted octanol–water partition coefficient (Wildman–Crippen LogP) is 4.34. The molecule has 0 aliphatic carbocycles. The molecule has 0 unspecified atom stereocenters. The molecule has 0 aliphatic rings. The van der Waals surface area contributed by atoms with Crippen LogP contribution < -0.4 is 5.32 Å². The van der Waals surface area contributed by atoms with Crippen molar-refractivity contribution < 1.29 is 14.7 Å². The van der Waals surface area contributed by atoms with Gasteiger partial charge in [-0.25, -0.2) is 0 Å². The van der Waals surface area contributed by atoms with Gasteiger partial charge in [0.1, 0.15) is 0 Å². The Morgan fingerprint density at radius 3 is 1.96 bits per heavy atom. The molecule has 1 aromatic heterocycles. The average molecular weight is 450 g/mol. The quantitative estimate of drug-likeness (QED) is 0.607. The lowest BCUT2D eigenvalue weighted by Crippen LogP contribution is -2.38. The summed E-state index contributed by atoms with van der Waals surface area (Å²) >= 11 is 6.72. The number of carbonyl (C=O) groups is 2. The number of alkyl halides is 2. The van der Waals surface area contributed by atoms with Gasteiger partial charge in [0.05, 0.1) is 16.8 Å². The highest BCUT2D eigenvalue weighted by molar-refractivity contribution is 9.08. The first-order valence-electron chi connectivity index (χ1n) is 7.18. The summed E-state index contributed by atoms with van der Waals surface area (Å²) in [5.74, 6) is -1.12. The molecule has 2 N–H and O–H groups in total. The number of aromatic nitrogens is 1. The lowest BCUT2D eigenvalue weighted by molar-refractivity contribution is -0.149. The lowest BCUT2D eigenvalue weighted by atomic mass is 9.74. The van der Waals surface area contributed by atoms with Crippen LogP contribution in [0.5, 0.6) is 0 Å². The van der Waals surface area contributed by atoms with Crippen LogP contribution >= 0.6 is 31.9 Å². The number of nitrogens with one attached hydrogen (secondary N) is 1. The first-order valence-corrected chi connectivity index (χ1v) is 9.43. The van der Waals surface area contributed by atoms with Crippen LogP contribution in [0, 0.1) is 10.8 Å². The Morgan fingerprint density at radius 1 is 1.09 bits per heavy atom. The van der Waals surface area contributed by atoms with Crippen molar-refractivity contribution in [3.63, 3.8) is 0 Å². The van der Waals surface area contributed by atoms with Crippen molar-refractivity contribution in [2.75, 3.05) is 5.32 Å². The molecule has 1 aromatic rings. The summed E-state index contributed by atoms with van der Waals surface area (Å²) in [6, 6.07) is 3.61. The topological polar surface area (TPSA) is 79.3 Å². The van der Waals surface area contributed by atoms with Crippen LogP contribution in [0.25, 0.3) is 0 Å². The monoisotopic (exact) mass is 448 g/mol. The number of halogens is 2. The molecule has 5 nitrogen and oxygen atoms in total. The van der Waals surface area contributed by atoms with Crippen molar-refractivity contribution in [2.45, 2.75) is 44.8 Å². The van der Waals surface area contributed by atoms with Crippen LogP contribution in [0.4, 0.5) is 5.69 Å². The lowest BCUT2D eigenvalue weighted by Gasteiger charge is -2.31. The fraction of sp³-hybridized carbons (Fsp3) is 0.562. The van der Waals surface area contributed by atoms with Crippen molar-refractivity contribution in [2.24, 2.45) is 10.8 Å². The van der Waals surface area contributed by atoms with E-state index in [4.69, 9.17) is 0 Å². The van der Waals surface area contributed by atoms with Gasteiger partial charge in [-0.05, 0) is 32.4 Å². The fourth-order valence-corrected chi connectivity index (χ4v) is 2.99. The number of carbonyl (C=O) groups excluding carboxylic acids is 1. The van der Waals surface area contributed by atoms with Crippen LogP contribution in [-0.2, 0) is 20.2 Å². The van der Waals surface area contributed by atoms with E-state index in [1.165, 1.54) is 0 Å². The zero-order valence-electron chi connectivity index (χ0n) is 13.7. The van der Waals surface area contributed by atoms with Gasteiger partial charge in [-0.2, -0.15) is 0 Å². The Kier molecular flexibility index (Phi) is 6.77. The number of anilines is 1. The van der Waals surface area contributed by atoms with Crippen LogP contribution in [0.2, 0.25) is 0 Å². The predicted molar refractivity (Wildman–Crippen MR) is 97.9 cm³/mol. The summed E-state index contributed by atoms with van der Waals surface area (Å²) in [4.78, 5) is 28.3. The summed E-state index contributed by atoms with van der Waals surface area (Å²) in [7, 11) is 0. The van der Waals surface area contributed by atoms with Crippen molar-refractivity contribution in [1.29, 1.82) is 0 Å². The number of aliphatic carboxylic acids is 1. The standard InChI is InChI=1S/C16H22Br2N2O3/c1-15(2,9-16(3,4)14(22)23)13(21)20-10-5-11(7-17)19-12(6-10)8-18/h5-6H,7-9H2,1-4H3,(H,22,23)(H,19,20,21). The number of nitrogens with zero attached hydrogens (tertiary/aromatic N) is 1. The first-order chi connectivity index (χ1) is 10.5. The molecule has 0 fully saturated rings. The van der Waals surface area contributed by atoms with Gasteiger partial charge in [0.2, 0.25) is 5.91 Å². The third-order valence-electron chi connectivity index (χ3n) is 3.54. The summed E-state index contributed by atoms with van der Waals surface area (Å²) in [5.41, 5.74) is 0.520. The molecule has 1 heterocycles. The summed E-state index contributed by atoms with van der Waals surface area (Å²) in [5, 5.41) is 13.3. The van der Waals surface area contributed by atoms with E-state index in [0.29, 0.717) is 16.3 Å². The molecule has 1 amide bonds. The second kappa shape index (κ2) is 7.75. The summed E-state index contributed by atoms with van der Waals surface area (Å²) in [6.45, 7) is 6.77. The van der Waals surface area contributed by atoms with E-state index in [2.05, 4.69) is 42.2 Å². The minimum atomic E-state index is -0.971. The fourth-order valence-electron chi connectivity index (χ4n) is 2.42. The molecule has 0 bridgehead atoms. The first kappa shape index (κ1) is 20.1. The van der Waals surface area contributed by atoms with Crippen LogP contribution in [-0.4, -0.2) is 22.0 Å². The maximum atomic E-state index is 12.6. The molecular formula is C16H22Br2N2O3. The van der Waals surface area contributed by atoms with Gasteiger partial charge in [-0.15, -0.1) is 0 Å². The van der Waals surface area contributed by atoms with Gasteiger partial charge >= 0.3 is 5.97 Å². The van der Waals surface area contributed by atoms with Gasteiger partial charge in [0, 0.05) is 21.8 Å². The number of carboxylic acids is 1. The minimum Gasteiger partial charge on any atom is -0.481 e. The largest absolute Gasteiger partial charge is 0.481 e. The summed E-state index contributed by atoms with van der Waals surface area (Å²) in [6.07, 6.45) is 0.239. The highest BCUT2D eigenvalue weighted by Gasteiger charge is 2.39. The van der Waals surface area contributed by atoms with Gasteiger partial charge in [0.15, 0.2) is 0 Å². The molecule has 128 valence electrons. The average Bonchev–Trinajstić information content (AvgIpc) is 2.45. The zero-order valence-corrected chi connectivity index (χ0v) is 16.9. The maximum absolute atomic E-state index is 12.6. The van der Waals surface area contributed by atoms with E-state index in [9.17, 15) is 14.7 Å². The second-order valence-corrected chi connectivity index (χ2v) is 7.93. The second-order valence-electron chi connectivity index (χ2n) is 6.81. The molecular weight excluding hydrogens is 428 g/mol. The van der Waals surface area contributed by atoms with E-state index < -0.39 is 16.8 Å². The summed E-state index contributed by atoms with van der Waals surface area (Å²) < 4.78 is 0. The Bertz CT molecular complexity index is 579. The van der Waals surface area contributed by atoms with Crippen LogP contribution in [0.15, 0.2) is 12.1 Å². The third-order valence-corrected chi connectivity index (χ3v) is 4.69.